The number of allylic oxidation sites excluding steroid dienone is 2. The zero-order valence-corrected chi connectivity index (χ0v) is 6.12. The number of nitrogens with zero attached hydrogens (tertiary/aromatic N) is 2. The second-order valence-electron chi connectivity index (χ2n) is 1.85. The topological polar surface area (TPSA) is 36.8 Å². The zero-order valence-electron chi connectivity index (χ0n) is 6.12. The van der Waals surface area contributed by atoms with Crippen molar-refractivity contribution in [1.82, 2.24) is 5.32 Å². The van der Waals surface area contributed by atoms with Gasteiger partial charge in [-0.1, -0.05) is 19.2 Å². The SMILES string of the molecule is C=C/C=C1/NC=N/C1=N/C=C. The molecular formula is C8H9N3. The lowest BCUT2D eigenvalue weighted by Crippen LogP contribution is -2.07. The van der Waals surface area contributed by atoms with E-state index in [1.54, 1.807) is 18.5 Å². The summed E-state index contributed by atoms with van der Waals surface area (Å²) >= 11 is 0. The summed E-state index contributed by atoms with van der Waals surface area (Å²) in [6.07, 6.45) is 6.51. The van der Waals surface area contributed by atoms with E-state index >= 15 is 0 Å². The number of rotatable bonds is 2. The van der Waals surface area contributed by atoms with Crippen LogP contribution in [0.2, 0.25) is 0 Å². The molecule has 0 aromatic rings. The summed E-state index contributed by atoms with van der Waals surface area (Å²) in [7, 11) is 0. The van der Waals surface area contributed by atoms with Crippen LogP contribution in [0, 0.1) is 0 Å². The lowest BCUT2D eigenvalue weighted by Gasteiger charge is -1.93. The molecule has 1 rings (SSSR count). The molecule has 1 aliphatic rings. The van der Waals surface area contributed by atoms with Gasteiger partial charge in [0.25, 0.3) is 0 Å². The van der Waals surface area contributed by atoms with Crippen LogP contribution in [0.5, 0.6) is 0 Å². The first kappa shape index (κ1) is 7.47. The number of aliphatic imine (C=N–C) groups is 2. The predicted octanol–water partition coefficient (Wildman–Crippen LogP) is 1.23. The molecule has 1 heterocycles. The van der Waals surface area contributed by atoms with Gasteiger partial charge in [0.2, 0.25) is 0 Å². The Bertz CT molecular complexity index is 259. The van der Waals surface area contributed by atoms with Gasteiger partial charge in [-0.05, 0) is 6.08 Å². The third-order valence-electron chi connectivity index (χ3n) is 1.15. The van der Waals surface area contributed by atoms with Crippen LogP contribution in [-0.2, 0) is 0 Å². The Morgan fingerprint density at radius 3 is 3.00 bits per heavy atom. The van der Waals surface area contributed by atoms with Crippen LogP contribution in [0.3, 0.4) is 0 Å². The van der Waals surface area contributed by atoms with Crippen molar-refractivity contribution in [1.29, 1.82) is 0 Å². The molecule has 0 saturated heterocycles. The van der Waals surface area contributed by atoms with E-state index in [2.05, 4.69) is 28.5 Å². The van der Waals surface area contributed by atoms with Gasteiger partial charge in [0, 0.05) is 6.20 Å². The van der Waals surface area contributed by atoms with Crippen molar-refractivity contribution in [3.8, 4) is 0 Å². The highest BCUT2D eigenvalue weighted by atomic mass is 15.1. The Morgan fingerprint density at radius 1 is 1.55 bits per heavy atom. The minimum atomic E-state index is 0.639. The van der Waals surface area contributed by atoms with Gasteiger partial charge >= 0.3 is 0 Å². The highest BCUT2D eigenvalue weighted by molar-refractivity contribution is 6.08. The third kappa shape index (κ3) is 1.64. The van der Waals surface area contributed by atoms with Crippen LogP contribution in [0.4, 0.5) is 0 Å². The van der Waals surface area contributed by atoms with Crippen molar-refractivity contribution in [2.45, 2.75) is 0 Å². The molecule has 1 N–H and O–H groups in total. The van der Waals surface area contributed by atoms with Gasteiger partial charge < -0.3 is 5.32 Å². The molecule has 0 radical (unpaired) electrons. The minimum Gasteiger partial charge on any atom is -0.343 e. The number of hydrogen-bond donors (Lipinski definition) is 1. The Balaban J connectivity index is 2.87. The summed E-state index contributed by atoms with van der Waals surface area (Å²) in [5.41, 5.74) is 0.847. The van der Waals surface area contributed by atoms with Gasteiger partial charge in [-0.15, -0.1) is 0 Å². The summed E-state index contributed by atoms with van der Waals surface area (Å²) in [6, 6.07) is 0. The smallest absolute Gasteiger partial charge is 0.177 e. The number of hydrogen-bond acceptors (Lipinski definition) is 2. The Hall–Kier alpha value is -1.64. The van der Waals surface area contributed by atoms with Gasteiger partial charge in [-0.2, -0.15) is 0 Å². The fraction of sp³-hybridized carbons (Fsp3) is 0. The van der Waals surface area contributed by atoms with E-state index in [9.17, 15) is 0 Å². The first-order valence-corrected chi connectivity index (χ1v) is 3.19. The quantitative estimate of drug-likeness (QED) is 0.626. The summed E-state index contributed by atoms with van der Waals surface area (Å²) in [5.74, 6) is 0.639. The normalized spacial score (nSPS) is 22.2. The Kier molecular flexibility index (Phi) is 2.38. The van der Waals surface area contributed by atoms with E-state index in [4.69, 9.17) is 0 Å². The summed E-state index contributed by atoms with van der Waals surface area (Å²) in [4.78, 5) is 7.88. The molecular weight excluding hydrogens is 138 g/mol. The van der Waals surface area contributed by atoms with E-state index < -0.39 is 0 Å². The van der Waals surface area contributed by atoms with Crippen LogP contribution in [0.25, 0.3) is 0 Å². The van der Waals surface area contributed by atoms with E-state index in [0.717, 1.165) is 5.70 Å². The molecule has 0 unspecified atom stereocenters. The maximum absolute atomic E-state index is 3.95. The monoisotopic (exact) mass is 147 g/mol. The van der Waals surface area contributed by atoms with Gasteiger partial charge in [0.05, 0.1) is 12.0 Å². The highest BCUT2D eigenvalue weighted by Crippen LogP contribution is 2.00. The standard InChI is InChI=1S/C8H9N3/c1-3-5-7-8(9-4-2)11-6-10-7/h3-6H,1-2H2,(H,9,10,11)/b7-5+. The van der Waals surface area contributed by atoms with Crippen LogP contribution >= 0.6 is 0 Å². The molecule has 0 saturated carbocycles. The van der Waals surface area contributed by atoms with E-state index in [0.29, 0.717) is 5.84 Å². The molecule has 0 amide bonds. The highest BCUT2D eigenvalue weighted by Gasteiger charge is 2.06. The number of amidine groups is 1. The maximum Gasteiger partial charge on any atom is 0.177 e. The predicted molar refractivity (Wildman–Crippen MR) is 47.5 cm³/mol. The molecule has 1 aliphatic heterocycles. The van der Waals surface area contributed by atoms with Crippen molar-refractivity contribution < 1.29 is 0 Å². The van der Waals surface area contributed by atoms with E-state index in [1.165, 1.54) is 6.20 Å². The van der Waals surface area contributed by atoms with Gasteiger partial charge in [0.1, 0.15) is 0 Å². The molecule has 0 fully saturated rings. The van der Waals surface area contributed by atoms with Gasteiger partial charge in [0.15, 0.2) is 5.84 Å². The second kappa shape index (κ2) is 3.51. The summed E-state index contributed by atoms with van der Waals surface area (Å²) in [5, 5.41) is 2.91. The van der Waals surface area contributed by atoms with Gasteiger partial charge in [-0.3, -0.25) is 0 Å². The minimum absolute atomic E-state index is 0.639. The molecule has 0 spiro atoms. The molecule has 0 aromatic heterocycles. The average Bonchev–Trinajstić information content (AvgIpc) is 2.39. The number of nitrogens with one attached hydrogen (secondary N) is 1. The lowest BCUT2D eigenvalue weighted by atomic mass is 10.4. The average molecular weight is 147 g/mol. The molecule has 56 valence electrons. The van der Waals surface area contributed by atoms with Crippen LogP contribution < -0.4 is 5.32 Å². The fourth-order valence-corrected chi connectivity index (χ4v) is 0.727. The van der Waals surface area contributed by atoms with Crippen molar-refractivity contribution in [3.63, 3.8) is 0 Å². The van der Waals surface area contributed by atoms with Crippen LogP contribution in [0.15, 0.2) is 47.2 Å². The van der Waals surface area contributed by atoms with Crippen molar-refractivity contribution in [2.75, 3.05) is 0 Å². The first-order chi connectivity index (χ1) is 5.38. The summed E-state index contributed by atoms with van der Waals surface area (Å²) in [6.45, 7) is 7.04. The fourth-order valence-electron chi connectivity index (χ4n) is 0.727. The van der Waals surface area contributed by atoms with E-state index in [1.807, 2.05) is 0 Å². The van der Waals surface area contributed by atoms with Crippen molar-refractivity contribution >= 4 is 12.2 Å². The summed E-state index contributed by atoms with van der Waals surface area (Å²) < 4.78 is 0. The largest absolute Gasteiger partial charge is 0.343 e. The Labute approximate surface area is 65.6 Å². The van der Waals surface area contributed by atoms with Crippen LogP contribution in [-0.4, -0.2) is 12.2 Å². The van der Waals surface area contributed by atoms with Gasteiger partial charge in [-0.25, -0.2) is 9.98 Å². The molecule has 3 nitrogen and oxygen atoms in total. The molecule has 3 heteroatoms. The van der Waals surface area contributed by atoms with Crippen molar-refractivity contribution in [3.05, 3.63) is 37.2 Å². The Morgan fingerprint density at radius 2 is 2.36 bits per heavy atom. The molecule has 11 heavy (non-hydrogen) atoms. The van der Waals surface area contributed by atoms with Crippen LogP contribution in [0.1, 0.15) is 0 Å². The first-order valence-electron chi connectivity index (χ1n) is 3.19. The third-order valence-corrected chi connectivity index (χ3v) is 1.15. The molecule has 0 bridgehead atoms. The lowest BCUT2D eigenvalue weighted by molar-refractivity contribution is 1.28. The molecule has 0 aromatic carbocycles. The molecule has 0 aliphatic carbocycles. The maximum atomic E-state index is 3.95. The second-order valence-corrected chi connectivity index (χ2v) is 1.85. The van der Waals surface area contributed by atoms with Crippen molar-refractivity contribution in [2.24, 2.45) is 9.98 Å². The molecule has 0 atom stereocenters. The van der Waals surface area contributed by atoms with E-state index in [-0.39, 0.29) is 0 Å². The zero-order chi connectivity index (χ0) is 8.10.